The molecule has 0 aliphatic heterocycles. The minimum absolute atomic E-state index is 0.107. The van der Waals surface area contributed by atoms with Crippen LogP contribution in [-0.2, 0) is 11.4 Å². The molecule has 0 fully saturated rings. The van der Waals surface area contributed by atoms with Gasteiger partial charge >= 0.3 is 0 Å². The lowest BCUT2D eigenvalue weighted by atomic mass is 10.1. The van der Waals surface area contributed by atoms with Gasteiger partial charge in [0.05, 0.1) is 18.1 Å². The van der Waals surface area contributed by atoms with E-state index in [9.17, 15) is 9.59 Å². The lowest BCUT2D eigenvalue weighted by Gasteiger charge is -2.09. The van der Waals surface area contributed by atoms with E-state index in [-0.39, 0.29) is 11.5 Å². The normalized spacial score (nSPS) is 10.7. The molecule has 0 bridgehead atoms. The van der Waals surface area contributed by atoms with Crippen molar-refractivity contribution in [2.75, 3.05) is 7.11 Å². The number of benzene rings is 1. The summed E-state index contributed by atoms with van der Waals surface area (Å²) in [5.41, 5.74) is 4.32. The van der Waals surface area contributed by atoms with Gasteiger partial charge in [0.1, 0.15) is 5.69 Å². The molecule has 1 aromatic heterocycles. The van der Waals surface area contributed by atoms with Crippen LogP contribution in [0.5, 0.6) is 0 Å². The molecule has 0 unspecified atom stereocenters. The van der Waals surface area contributed by atoms with Crippen molar-refractivity contribution < 1.29 is 9.63 Å². The molecule has 6 heteroatoms. The van der Waals surface area contributed by atoms with Crippen molar-refractivity contribution >= 4 is 16.9 Å². The number of aryl methyl sites for hydroxylation is 2. The zero-order valence-corrected chi connectivity index (χ0v) is 11.1. The highest BCUT2D eigenvalue weighted by Gasteiger charge is 2.10. The summed E-state index contributed by atoms with van der Waals surface area (Å²) in [4.78, 5) is 32.4. The maximum atomic E-state index is 11.9. The molecule has 2 rings (SSSR count). The van der Waals surface area contributed by atoms with E-state index < -0.39 is 0 Å². The van der Waals surface area contributed by atoms with Gasteiger partial charge in [0, 0.05) is 12.1 Å². The first-order valence-corrected chi connectivity index (χ1v) is 5.93. The van der Waals surface area contributed by atoms with Crippen molar-refractivity contribution in [3.8, 4) is 0 Å². The number of hydrogen-bond acceptors (Lipinski definition) is 4. The van der Waals surface area contributed by atoms with E-state index in [1.54, 1.807) is 29.7 Å². The predicted molar refractivity (Wildman–Crippen MR) is 70.9 cm³/mol. The molecule has 0 spiro atoms. The van der Waals surface area contributed by atoms with Crippen molar-refractivity contribution in [2.45, 2.75) is 20.4 Å². The Bertz CT molecular complexity index is 691. The van der Waals surface area contributed by atoms with Crippen molar-refractivity contribution in [3.63, 3.8) is 0 Å². The van der Waals surface area contributed by atoms with Crippen molar-refractivity contribution in [1.29, 1.82) is 0 Å². The van der Waals surface area contributed by atoms with Gasteiger partial charge in [0.25, 0.3) is 11.5 Å². The molecule has 6 nitrogen and oxygen atoms in total. The van der Waals surface area contributed by atoms with Gasteiger partial charge in [-0.05, 0) is 32.0 Å². The third kappa shape index (κ3) is 2.34. The fourth-order valence-electron chi connectivity index (χ4n) is 1.98. The molecule has 1 heterocycles. The van der Waals surface area contributed by atoms with Crippen LogP contribution in [0.3, 0.4) is 0 Å². The highest BCUT2D eigenvalue weighted by molar-refractivity contribution is 5.96. The Morgan fingerprint density at radius 2 is 2.21 bits per heavy atom. The van der Waals surface area contributed by atoms with Gasteiger partial charge in [-0.2, -0.15) is 0 Å². The number of rotatable bonds is 3. The van der Waals surface area contributed by atoms with Gasteiger partial charge in [0.2, 0.25) is 0 Å². The second kappa shape index (κ2) is 5.19. The summed E-state index contributed by atoms with van der Waals surface area (Å²) in [6.07, 6.45) is 0. The van der Waals surface area contributed by atoms with Crippen molar-refractivity contribution in [2.24, 2.45) is 0 Å². The van der Waals surface area contributed by atoms with Crippen molar-refractivity contribution in [3.05, 3.63) is 39.8 Å². The average molecular weight is 261 g/mol. The first-order chi connectivity index (χ1) is 9.08. The summed E-state index contributed by atoms with van der Waals surface area (Å²) in [6.45, 7) is 4.12. The molecular formula is C13H15N3O3. The van der Waals surface area contributed by atoms with Crippen LogP contribution in [0, 0.1) is 6.92 Å². The smallest absolute Gasteiger partial charge is 0.274 e. The SMILES string of the molecule is CCn1c(=O)c(C)nc2cc(C(=O)NOC)ccc21. The number of nitrogens with one attached hydrogen (secondary N) is 1. The second-order valence-electron chi connectivity index (χ2n) is 4.09. The van der Waals surface area contributed by atoms with Crippen LogP contribution in [0.25, 0.3) is 11.0 Å². The van der Waals surface area contributed by atoms with Crippen LogP contribution in [-0.4, -0.2) is 22.6 Å². The van der Waals surface area contributed by atoms with E-state index in [2.05, 4.69) is 15.3 Å². The summed E-state index contributed by atoms with van der Waals surface area (Å²) in [7, 11) is 1.37. The zero-order valence-electron chi connectivity index (χ0n) is 11.1. The van der Waals surface area contributed by atoms with E-state index in [0.717, 1.165) is 0 Å². The molecule has 1 N–H and O–H groups in total. The molecule has 100 valence electrons. The maximum absolute atomic E-state index is 11.9. The van der Waals surface area contributed by atoms with E-state index in [1.807, 2.05) is 6.92 Å². The topological polar surface area (TPSA) is 73.2 Å². The second-order valence-corrected chi connectivity index (χ2v) is 4.09. The van der Waals surface area contributed by atoms with Crippen LogP contribution in [0.15, 0.2) is 23.0 Å². The first-order valence-electron chi connectivity index (χ1n) is 5.93. The highest BCUT2D eigenvalue weighted by Crippen LogP contribution is 2.13. The zero-order chi connectivity index (χ0) is 14.0. The van der Waals surface area contributed by atoms with Crippen LogP contribution in [0.4, 0.5) is 0 Å². The third-order valence-corrected chi connectivity index (χ3v) is 2.88. The van der Waals surface area contributed by atoms with Gasteiger partial charge in [-0.1, -0.05) is 0 Å². The fourth-order valence-corrected chi connectivity index (χ4v) is 1.98. The van der Waals surface area contributed by atoms with Gasteiger partial charge in [-0.15, -0.1) is 0 Å². The van der Waals surface area contributed by atoms with Crippen LogP contribution in [0.1, 0.15) is 23.0 Å². The number of nitrogens with zero attached hydrogens (tertiary/aromatic N) is 2. The average Bonchev–Trinajstić information content (AvgIpc) is 2.40. The standard InChI is InChI=1S/C13H15N3O3/c1-4-16-11-6-5-9(12(17)15-19-3)7-10(11)14-8(2)13(16)18/h5-7H,4H2,1-3H3,(H,15,17). The minimum atomic E-state index is -0.349. The monoisotopic (exact) mass is 261 g/mol. The summed E-state index contributed by atoms with van der Waals surface area (Å²) in [5, 5.41) is 0. The van der Waals surface area contributed by atoms with E-state index in [4.69, 9.17) is 0 Å². The number of hydroxylamine groups is 1. The molecule has 0 atom stereocenters. The number of amides is 1. The maximum Gasteiger partial charge on any atom is 0.274 e. The Balaban J connectivity index is 2.65. The predicted octanol–water partition coefficient (Wildman–Crippen LogP) is 1.02. The lowest BCUT2D eigenvalue weighted by molar-refractivity contribution is 0.0538. The molecule has 0 aliphatic rings. The molecule has 2 aromatic rings. The number of fused-ring (bicyclic) bond motifs is 1. The number of carbonyl (C=O) groups excluding carboxylic acids is 1. The number of carbonyl (C=O) groups is 1. The molecule has 0 saturated carbocycles. The summed E-state index contributed by atoms with van der Waals surface area (Å²) < 4.78 is 1.63. The molecule has 0 radical (unpaired) electrons. The van der Waals surface area contributed by atoms with Crippen molar-refractivity contribution in [1.82, 2.24) is 15.0 Å². The summed E-state index contributed by atoms with van der Waals surface area (Å²) in [5.74, 6) is -0.349. The van der Waals surface area contributed by atoms with Crippen LogP contribution < -0.4 is 11.0 Å². The summed E-state index contributed by atoms with van der Waals surface area (Å²) in [6, 6.07) is 5.00. The Hall–Kier alpha value is -2.21. The molecule has 0 saturated heterocycles. The number of hydrogen-bond donors (Lipinski definition) is 1. The largest absolute Gasteiger partial charge is 0.305 e. The van der Waals surface area contributed by atoms with Gasteiger partial charge in [-0.25, -0.2) is 10.5 Å². The molecular weight excluding hydrogens is 246 g/mol. The first kappa shape index (κ1) is 13.2. The fraction of sp³-hybridized carbons (Fsp3) is 0.308. The quantitative estimate of drug-likeness (QED) is 0.837. The Morgan fingerprint density at radius 1 is 1.47 bits per heavy atom. The molecule has 1 aromatic carbocycles. The Labute approximate surface area is 110 Å². The van der Waals surface area contributed by atoms with Gasteiger partial charge in [0.15, 0.2) is 0 Å². The van der Waals surface area contributed by atoms with Gasteiger partial charge < -0.3 is 4.57 Å². The number of aromatic nitrogens is 2. The van der Waals surface area contributed by atoms with E-state index in [0.29, 0.717) is 28.8 Å². The highest BCUT2D eigenvalue weighted by atomic mass is 16.6. The molecule has 0 aliphatic carbocycles. The lowest BCUT2D eigenvalue weighted by Crippen LogP contribution is -2.24. The van der Waals surface area contributed by atoms with E-state index >= 15 is 0 Å². The molecule has 19 heavy (non-hydrogen) atoms. The minimum Gasteiger partial charge on any atom is -0.305 e. The Kier molecular flexibility index (Phi) is 3.62. The Morgan fingerprint density at radius 3 is 2.84 bits per heavy atom. The molecule has 1 amide bonds. The van der Waals surface area contributed by atoms with Crippen LogP contribution >= 0.6 is 0 Å². The van der Waals surface area contributed by atoms with E-state index in [1.165, 1.54) is 7.11 Å². The van der Waals surface area contributed by atoms with Gasteiger partial charge in [-0.3, -0.25) is 14.4 Å². The third-order valence-electron chi connectivity index (χ3n) is 2.88. The summed E-state index contributed by atoms with van der Waals surface area (Å²) >= 11 is 0. The van der Waals surface area contributed by atoms with Crippen LogP contribution in [0.2, 0.25) is 0 Å².